The molecule has 0 bridgehead atoms. The van der Waals surface area contributed by atoms with Crippen LogP contribution in [0.3, 0.4) is 0 Å². The van der Waals surface area contributed by atoms with E-state index in [1.54, 1.807) is 34.6 Å². The molecule has 0 spiro atoms. The van der Waals surface area contributed by atoms with Crippen molar-refractivity contribution in [2.24, 2.45) is 17.8 Å². The van der Waals surface area contributed by atoms with E-state index in [4.69, 9.17) is 33.2 Å². The molecule has 16 nitrogen and oxygen atoms in total. The molecule has 0 radical (unpaired) electrons. The molecule has 3 aliphatic heterocycles. The number of rotatable bonds is 11. The number of hydrogen-bond donors (Lipinski definition) is 5. The number of aliphatic hydroxyl groups excluding tert-OH is 2. The molecule has 0 aromatic heterocycles. The van der Waals surface area contributed by atoms with Crippen LogP contribution >= 0.6 is 0 Å². The Morgan fingerprint density at radius 2 is 1.61 bits per heavy atom. The number of carbonyl (C=O) groups excluding carboxylic acids is 2. The highest BCUT2D eigenvalue weighted by atomic mass is 16.7. The average molecular weight is 876 g/mol. The smallest absolute Gasteiger partial charge is 0.311 e. The standard InChI is InChI=1S/C45H85N3O13/c1-18-32-45(13,54)39(59-33(49)19-20-46-42(8,9)10)29(6)48(16)24-25(2)22-43(11,53)38(61-41-35(50)31(47(14)15)21-26(3)56-41)27(4)36(28(5)40(52)58-32)60-34-23-44(12,55-17)37(51)30(7)57-34/h25-32,34-39,41,46,50-51,53-54H,18-24H2,1-17H3/t25-,26-,27+,28-,29-,30+,31+,32-,34+,35-,36+,37+,38-,39-,41+,43+,44-,45-/m1/s1. The van der Waals surface area contributed by atoms with Gasteiger partial charge in [-0.05, 0) is 116 Å². The molecule has 358 valence electrons. The van der Waals surface area contributed by atoms with E-state index >= 15 is 0 Å². The lowest BCUT2D eigenvalue weighted by Gasteiger charge is -2.48. The van der Waals surface area contributed by atoms with E-state index in [9.17, 15) is 30.0 Å². The zero-order valence-electron chi connectivity index (χ0n) is 40.5. The highest BCUT2D eigenvalue weighted by Crippen LogP contribution is 2.40. The van der Waals surface area contributed by atoms with Gasteiger partial charge in [0.05, 0.1) is 48.0 Å². The van der Waals surface area contributed by atoms with Gasteiger partial charge in [0.1, 0.15) is 30.0 Å². The number of esters is 2. The van der Waals surface area contributed by atoms with Crippen molar-refractivity contribution in [2.45, 2.75) is 218 Å². The lowest BCUT2D eigenvalue weighted by Crippen LogP contribution is -2.61. The monoisotopic (exact) mass is 876 g/mol. The molecular weight excluding hydrogens is 791 g/mol. The van der Waals surface area contributed by atoms with Gasteiger partial charge >= 0.3 is 11.9 Å². The second-order valence-electron chi connectivity index (χ2n) is 20.6. The molecule has 18 atom stereocenters. The summed E-state index contributed by atoms with van der Waals surface area (Å²) in [4.78, 5) is 32.0. The van der Waals surface area contributed by atoms with E-state index in [0.717, 1.165) is 0 Å². The van der Waals surface area contributed by atoms with E-state index in [2.05, 4.69) is 5.32 Å². The Kier molecular flexibility index (Phi) is 19.1. The topological polar surface area (TPSA) is 198 Å². The molecule has 3 fully saturated rings. The maximum Gasteiger partial charge on any atom is 0.311 e. The Balaban J connectivity index is 2.18. The Morgan fingerprint density at radius 3 is 2.16 bits per heavy atom. The van der Waals surface area contributed by atoms with Gasteiger partial charge < -0.3 is 63.8 Å². The summed E-state index contributed by atoms with van der Waals surface area (Å²) in [5.41, 5.74) is -4.72. The minimum Gasteiger partial charge on any atom is -0.459 e. The van der Waals surface area contributed by atoms with Crippen molar-refractivity contribution in [3.8, 4) is 0 Å². The summed E-state index contributed by atoms with van der Waals surface area (Å²) in [5.74, 6) is -3.26. The van der Waals surface area contributed by atoms with Gasteiger partial charge in [-0.15, -0.1) is 0 Å². The molecule has 61 heavy (non-hydrogen) atoms. The Labute approximate surface area is 366 Å². The van der Waals surface area contributed by atoms with Gasteiger partial charge in [-0.3, -0.25) is 14.5 Å². The lowest BCUT2D eigenvalue weighted by atomic mass is 9.77. The van der Waals surface area contributed by atoms with Gasteiger partial charge in [-0.25, -0.2) is 0 Å². The number of ether oxygens (including phenoxy) is 7. The van der Waals surface area contributed by atoms with Gasteiger partial charge in [-0.2, -0.15) is 0 Å². The zero-order chi connectivity index (χ0) is 46.6. The van der Waals surface area contributed by atoms with E-state index in [0.29, 0.717) is 19.5 Å². The number of carbonyl (C=O) groups is 2. The van der Waals surface area contributed by atoms with Gasteiger partial charge in [0.15, 0.2) is 12.6 Å². The summed E-state index contributed by atoms with van der Waals surface area (Å²) in [6.45, 7) is 24.5. The van der Waals surface area contributed by atoms with Crippen LogP contribution in [-0.4, -0.2) is 179 Å². The summed E-state index contributed by atoms with van der Waals surface area (Å²) in [5, 5.41) is 51.2. The number of likely N-dealkylation sites (N-methyl/N-ethyl adjacent to an activating group) is 2. The number of nitrogens with one attached hydrogen (secondary N) is 1. The second kappa shape index (κ2) is 21.6. The summed E-state index contributed by atoms with van der Waals surface area (Å²) < 4.78 is 44.2. The number of cyclic esters (lactones) is 1. The second-order valence-corrected chi connectivity index (χ2v) is 20.6. The summed E-state index contributed by atoms with van der Waals surface area (Å²) >= 11 is 0. The van der Waals surface area contributed by atoms with Crippen LogP contribution in [-0.2, 0) is 42.7 Å². The van der Waals surface area contributed by atoms with Crippen LogP contribution in [0.4, 0.5) is 0 Å². The third-order valence-corrected chi connectivity index (χ3v) is 13.4. The van der Waals surface area contributed by atoms with E-state index in [-0.39, 0.29) is 49.3 Å². The molecule has 0 unspecified atom stereocenters. The highest BCUT2D eigenvalue weighted by Gasteiger charge is 2.53. The van der Waals surface area contributed by atoms with Crippen molar-refractivity contribution >= 4 is 11.9 Å². The number of methoxy groups -OCH3 is 1. The molecule has 3 rings (SSSR count). The van der Waals surface area contributed by atoms with Gasteiger partial charge in [0.25, 0.3) is 0 Å². The van der Waals surface area contributed by atoms with Crippen LogP contribution < -0.4 is 5.32 Å². The third kappa shape index (κ3) is 13.7. The van der Waals surface area contributed by atoms with Crippen LogP contribution in [0, 0.1) is 17.8 Å². The minimum absolute atomic E-state index is 0.0555. The molecule has 0 aliphatic carbocycles. The van der Waals surface area contributed by atoms with Gasteiger partial charge in [0, 0.05) is 50.2 Å². The van der Waals surface area contributed by atoms with Crippen LogP contribution in [0.1, 0.15) is 122 Å². The summed E-state index contributed by atoms with van der Waals surface area (Å²) in [6.07, 6.45) is -8.39. The van der Waals surface area contributed by atoms with E-state index in [1.165, 1.54) is 14.0 Å². The fourth-order valence-corrected chi connectivity index (χ4v) is 9.68. The van der Waals surface area contributed by atoms with Crippen molar-refractivity contribution in [2.75, 3.05) is 41.3 Å². The molecule has 0 aromatic rings. The minimum atomic E-state index is -1.85. The highest BCUT2D eigenvalue weighted by molar-refractivity contribution is 5.73. The van der Waals surface area contributed by atoms with Crippen molar-refractivity contribution in [3.63, 3.8) is 0 Å². The quantitative estimate of drug-likeness (QED) is 0.190. The van der Waals surface area contributed by atoms with Crippen LogP contribution in [0.2, 0.25) is 0 Å². The molecule has 5 N–H and O–H groups in total. The Hall–Kier alpha value is -1.54. The average Bonchev–Trinajstić information content (AvgIpc) is 3.14. The van der Waals surface area contributed by atoms with Gasteiger partial charge in [0.2, 0.25) is 0 Å². The molecule has 3 heterocycles. The fourth-order valence-electron chi connectivity index (χ4n) is 9.68. The van der Waals surface area contributed by atoms with Crippen molar-refractivity contribution in [1.29, 1.82) is 0 Å². The normalized spacial score (nSPS) is 44.2. The molecule has 0 amide bonds. The predicted molar refractivity (Wildman–Crippen MR) is 230 cm³/mol. The summed E-state index contributed by atoms with van der Waals surface area (Å²) in [6, 6.07) is -0.859. The van der Waals surface area contributed by atoms with Gasteiger partial charge in [-0.1, -0.05) is 20.8 Å². The first-order chi connectivity index (χ1) is 28.0. The molecular formula is C45H85N3O13. The lowest BCUT2D eigenvalue weighted by molar-refractivity contribution is -0.318. The van der Waals surface area contributed by atoms with E-state index < -0.39 is 102 Å². The molecule has 0 saturated carbocycles. The zero-order valence-corrected chi connectivity index (χ0v) is 40.5. The van der Waals surface area contributed by atoms with Crippen LogP contribution in [0.25, 0.3) is 0 Å². The molecule has 3 saturated heterocycles. The first-order valence-corrected chi connectivity index (χ1v) is 22.5. The molecule has 3 aliphatic rings. The third-order valence-electron chi connectivity index (χ3n) is 13.4. The Bertz CT molecular complexity index is 1400. The molecule has 0 aromatic carbocycles. The maximum absolute atomic E-state index is 14.6. The largest absolute Gasteiger partial charge is 0.459 e. The number of nitrogens with zero attached hydrogens (tertiary/aromatic N) is 2. The predicted octanol–water partition coefficient (Wildman–Crippen LogP) is 3.23. The maximum atomic E-state index is 14.6. The SMILES string of the molecule is CC[C@H]1OC(=O)[C@H](C)[C@@H](O[C@H]2C[C@@](C)(OC)[C@@H](O)[C@H](C)O2)[C@H](C)[C@@H](O[C@@H]2O[C@H](C)C[C@H](N(C)C)[C@H]2O)[C@@](C)(O)C[C@@H](C)CN(C)[C@H](C)[C@@H](OC(=O)CCNC(C)(C)C)[C@]1(C)O. The van der Waals surface area contributed by atoms with E-state index in [1.807, 2.05) is 79.4 Å². The first-order valence-electron chi connectivity index (χ1n) is 22.5. The summed E-state index contributed by atoms with van der Waals surface area (Å²) in [7, 11) is 7.14. The molecule has 16 heteroatoms. The van der Waals surface area contributed by atoms with Crippen molar-refractivity contribution in [1.82, 2.24) is 15.1 Å². The number of aliphatic hydroxyl groups is 4. The first kappa shape index (κ1) is 53.8. The fraction of sp³-hybridized carbons (Fsp3) is 0.956. The number of hydrogen-bond acceptors (Lipinski definition) is 16. The Morgan fingerprint density at radius 1 is 0.984 bits per heavy atom. The van der Waals surface area contributed by atoms with Crippen molar-refractivity contribution in [3.05, 3.63) is 0 Å². The van der Waals surface area contributed by atoms with Crippen LogP contribution in [0.15, 0.2) is 0 Å². The van der Waals surface area contributed by atoms with Crippen molar-refractivity contribution < 1.29 is 63.2 Å². The van der Waals surface area contributed by atoms with Crippen LogP contribution in [0.5, 0.6) is 0 Å².